The van der Waals surface area contributed by atoms with Gasteiger partial charge in [0, 0.05) is 14.3 Å². The minimum absolute atomic E-state index is 0.111. The summed E-state index contributed by atoms with van der Waals surface area (Å²) < 4.78 is 2.37. The second-order valence-corrected chi connectivity index (χ2v) is 7.03. The Kier molecular flexibility index (Phi) is 4.86. The molecule has 1 heterocycles. The van der Waals surface area contributed by atoms with Gasteiger partial charge in [0.15, 0.2) is 0 Å². The van der Waals surface area contributed by atoms with E-state index in [0.717, 1.165) is 14.8 Å². The molecule has 7 heteroatoms. The van der Waals surface area contributed by atoms with Gasteiger partial charge in [-0.1, -0.05) is 11.6 Å². The van der Waals surface area contributed by atoms with Crippen LogP contribution in [0.25, 0.3) is 10.9 Å². The van der Waals surface area contributed by atoms with Crippen molar-refractivity contribution in [3.05, 3.63) is 67.2 Å². The number of nitrogens with zero attached hydrogens (tertiary/aromatic N) is 2. The van der Waals surface area contributed by atoms with Crippen molar-refractivity contribution in [1.29, 1.82) is 0 Å². The van der Waals surface area contributed by atoms with Crippen LogP contribution >= 0.6 is 34.2 Å². The number of aromatic nitrogens is 2. The average molecular weight is 454 g/mol. The van der Waals surface area contributed by atoms with Gasteiger partial charge >= 0.3 is 0 Å². The number of fused-ring (bicyclic) bond motifs is 1. The van der Waals surface area contributed by atoms with Gasteiger partial charge in [0.2, 0.25) is 5.91 Å². The zero-order valence-corrected chi connectivity index (χ0v) is 15.6. The monoisotopic (exact) mass is 453 g/mol. The fraction of sp³-hybridized carbons (Fsp3) is 0.118. The average Bonchev–Trinajstić information content (AvgIpc) is 2.53. The molecule has 0 spiro atoms. The van der Waals surface area contributed by atoms with Crippen molar-refractivity contribution in [2.45, 2.75) is 13.5 Å². The molecular weight excluding hydrogens is 441 g/mol. The Morgan fingerprint density at radius 3 is 2.83 bits per heavy atom. The van der Waals surface area contributed by atoms with E-state index in [0.29, 0.717) is 15.9 Å². The topological polar surface area (TPSA) is 64.0 Å². The molecule has 0 unspecified atom stereocenters. The Labute approximate surface area is 156 Å². The normalized spacial score (nSPS) is 10.8. The van der Waals surface area contributed by atoms with E-state index in [1.165, 1.54) is 10.9 Å². The predicted octanol–water partition coefficient (Wildman–Crippen LogP) is 3.60. The molecule has 0 saturated carbocycles. The number of aryl methyl sites for hydroxylation is 1. The number of amides is 1. The van der Waals surface area contributed by atoms with Crippen molar-refractivity contribution < 1.29 is 4.79 Å². The van der Waals surface area contributed by atoms with Gasteiger partial charge in [-0.05, 0) is 71.5 Å². The van der Waals surface area contributed by atoms with Crippen LogP contribution in [-0.2, 0) is 11.3 Å². The molecule has 1 N–H and O–H groups in total. The lowest BCUT2D eigenvalue weighted by Gasteiger charge is -2.10. The first-order valence-electron chi connectivity index (χ1n) is 7.15. The maximum absolute atomic E-state index is 12.5. The summed E-state index contributed by atoms with van der Waals surface area (Å²) in [5.74, 6) is -0.287. The van der Waals surface area contributed by atoms with Gasteiger partial charge in [-0.3, -0.25) is 14.2 Å². The van der Waals surface area contributed by atoms with Crippen LogP contribution in [0.3, 0.4) is 0 Å². The lowest BCUT2D eigenvalue weighted by atomic mass is 10.2. The van der Waals surface area contributed by atoms with Gasteiger partial charge in [-0.15, -0.1) is 0 Å². The maximum atomic E-state index is 12.5. The van der Waals surface area contributed by atoms with Gasteiger partial charge in [-0.2, -0.15) is 0 Å². The van der Waals surface area contributed by atoms with E-state index in [1.54, 1.807) is 18.2 Å². The Hall–Kier alpha value is -1.93. The molecule has 0 bridgehead atoms. The Bertz CT molecular complexity index is 1000. The maximum Gasteiger partial charge on any atom is 0.261 e. The van der Waals surface area contributed by atoms with Crippen molar-refractivity contribution in [2.75, 3.05) is 5.32 Å². The summed E-state index contributed by atoms with van der Waals surface area (Å²) in [6.45, 7) is 1.81. The van der Waals surface area contributed by atoms with Gasteiger partial charge in [0.25, 0.3) is 5.56 Å². The third-order valence-electron chi connectivity index (χ3n) is 3.56. The summed E-state index contributed by atoms with van der Waals surface area (Å²) in [7, 11) is 0. The van der Waals surface area contributed by atoms with Gasteiger partial charge in [-0.25, -0.2) is 4.98 Å². The highest BCUT2D eigenvalue weighted by atomic mass is 127. The number of carbonyl (C=O) groups excluding carboxylic acids is 1. The first-order chi connectivity index (χ1) is 11.4. The van der Waals surface area contributed by atoms with Crippen molar-refractivity contribution in [3.63, 3.8) is 0 Å². The molecule has 2 aromatic carbocycles. The molecular formula is C17H13ClIN3O2. The Morgan fingerprint density at radius 2 is 2.08 bits per heavy atom. The zero-order valence-electron chi connectivity index (χ0n) is 12.7. The first kappa shape index (κ1) is 16.9. The van der Waals surface area contributed by atoms with Crippen molar-refractivity contribution in [1.82, 2.24) is 9.55 Å². The van der Waals surface area contributed by atoms with Crippen LogP contribution in [0.1, 0.15) is 5.56 Å². The molecule has 1 aromatic heterocycles. The molecule has 122 valence electrons. The number of anilines is 1. The standard InChI is InChI=1S/C17H13ClIN3O2/c1-10-6-12(19)3-5-14(10)21-16(23)8-22-9-20-15-4-2-11(18)7-13(15)17(22)24/h2-7,9H,8H2,1H3,(H,21,23). The molecule has 0 radical (unpaired) electrons. The van der Waals surface area contributed by atoms with E-state index < -0.39 is 0 Å². The number of carbonyl (C=O) groups is 1. The minimum Gasteiger partial charge on any atom is -0.324 e. The molecule has 0 atom stereocenters. The van der Waals surface area contributed by atoms with E-state index in [1.807, 2.05) is 25.1 Å². The molecule has 0 aliphatic carbocycles. The molecule has 0 saturated heterocycles. The summed E-state index contributed by atoms with van der Waals surface area (Å²) in [5.41, 5.74) is 1.95. The smallest absolute Gasteiger partial charge is 0.261 e. The highest BCUT2D eigenvalue weighted by Crippen LogP contribution is 2.18. The van der Waals surface area contributed by atoms with Crippen LogP contribution in [0.2, 0.25) is 5.02 Å². The molecule has 24 heavy (non-hydrogen) atoms. The third-order valence-corrected chi connectivity index (χ3v) is 4.47. The van der Waals surface area contributed by atoms with E-state index in [2.05, 4.69) is 32.9 Å². The number of hydrogen-bond donors (Lipinski definition) is 1. The Morgan fingerprint density at radius 1 is 1.29 bits per heavy atom. The van der Waals surface area contributed by atoms with Crippen LogP contribution < -0.4 is 10.9 Å². The number of halogens is 2. The lowest BCUT2D eigenvalue weighted by molar-refractivity contribution is -0.116. The predicted molar refractivity (Wildman–Crippen MR) is 104 cm³/mol. The molecule has 0 aliphatic heterocycles. The minimum atomic E-state index is -0.294. The van der Waals surface area contributed by atoms with Crippen LogP contribution in [0.15, 0.2) is 47.5 Å². The zero-order chi connectivity index (χ0) is 17.3. The number of benzene rings is 2. The van der Waals surface area contributed by atoms with Gasteiger partial charge < -0.3 is 5.32 Å². The number of rotatable bonds is 3. The van der Waals surface area contributed by atoms with Crippen molar-refractivity contribution in [2.24, 2.45) is 0 Å². The quantitative estimate of drug-likeness (QED) is 0.616. The molecule has 0 aliphatic rings. The second kappa shape index (κ2) is 6.90. The third kappa shape index (κ3) is 3.59. The molecule has 3 aromatic rings. The van der Waals surface area contributed by atoms with Gasteiger partial charge in [0.1, 0.15) is 6.54 Å². The highest BCUT2D eigenvalue weighted by molar-refractivity contribution is 14.1. The van der Waals surface area contributed by atoms with Crippen LogP contribution in [0.5, 0.6) is 0 Å². The highest BCUT2D eigenvalue weighted by Gasteiger charge is 2.10. The largest absolute Gasteiger partial charge is 0.324 e. The summed E-state index contributed by atoms with van der Waals surface area (Å²) >= 11 is 8.14. The lowest BCUT2D eigenvalue weighted by Crippen LogP contribution is -2.28. The van der Waals surface area contributed by atoms with E-state index >= 15 is 0 Å². The number of hydrogen-bond acceptors (Lipinski definition) is 3. The molecule has 1 amide bonds. The first-order valence-corrected chi connectivity index (χ1v) is 8.60. The summed E-state index contributed by atoms with van der Waals surface area (Å²) in [5, 5.41) is 3.67. The SMILES string of the molecule is Cc1cc(I)ccc1NC(=O)Cn1cnc2ccc(Cl)cc2c1=O. The molecule has 5 nitrogen and oxygen atoms in total. The van der Waals surface area contributed by atoms with E-state index in [4.69, 9.17) is 11.6 Å². The van der Waals surface area contributed by atoms with Crippen LogP contribution in [-0.4, -0.2) is 15.5 Å². The van der Waals surface area contributed by atoms with E-state index in [9.17, 15) is 9.59 Å². The molecule has 0 fully saturated rings. The number of nitrogens with one attached hydrogen (secondary N) is 1. The van der Waals surface area contributed by atoms with Crippen LogP contribution in [0, 0.1) is 10.5 Å². The fourth-order valence-electron chi connectivity index (χ4n) is 2.36. The Balaban J connectivity index is 1.85. The summed E-state index contributed by atoms with van der Waals surface area (Å²) in [6, 6.07) is 10.6. The van der Waals surface area contributed by atoms with Crippen LogP contribution in [0.4, 0.5) is 5.69 Å². The van der Waals surface area contributed by atoms with E-state index in [-0.39, 0.29) is 18.0 Å². The summed E-state index contributed by atoms with van der Waals surface area (Å²) in [6.07, 6.45) is 1.37. The van der Waals surface area contributed by atoms with Gasteiger partial charge in [0.05, 0.1) is 17.2 Å². The van der Waals surface area contributed by atoms with Crippen molar-refractivity contribution >= 4 is 56.7 Å². The summed E-state index contributed by atoms with van der Waals surface area (Å²) in [4.78, 5) is 28.9. The molecule has 3 rings (SSSR count). The second-order valence-electron chi connectivity index (χ2n) is 5.35. The fourth-order valence-corrected chi connectivity index (χ4v) is 3.17. The van der Waals surface area contributed by atoms with Crippen molar-refractivity contribution in [3.8, 4) is 0 Å².